The molecule has 0 aliphatic heterocycles. The van der Waals surface area contributed by atoms with Crippen LogP contribution >= 0.6 is 23.4 Å². The molecule has 1 heterocycles. The van der Waals surface area contributed by atoms with Crippen LogP contribution in [0.3, 0.4) is 0 Å². The van der Waals surface area contributed by atoms with Crippen molar-refractivity contribution in [2.45, 2.75) is 25.1 Å². The third kappa shape index (κ3) is 5.20. The highest BCUT2D eigenvalue weighted by Crippen LogP contribution is 2.13. The predicted octanol–water partition coefficient (Wildman–Crippen LogP) is 1.56. The molecule has 0 bridgehead atoms. The van der Waals surface area contributed by atoms with Crippen LogP contribution in [-0.4, -0.2) is 34.8 Å². The number of rotatable bonds is 6. The summed E-state index contributed by atoms with van der Waals surface area (Å²) in [6, 6.07) is 1.15. The lowest BCUT2D eigenvalue weighted by Gasteiger charge is -2.08. The third-order valence-electron chi connectivity index (χ3n) is 2.18. The number of carbonyl (C=O) groups excluding carboxylic acids is 1. The van der Waals surface area contributed by atoms with Crippen LogP contribution in [0.4, 0.5) is 0 Å². The minimum absolute atomic E-state index is 0.384. The minimum atomic E-state index is -0.565. The van der Waals surface area contributed by atoms with Crippen molar-refractivity contribution in [2.75, 3.05) is 12.9 Å². The fraction of sp³-hybridized carbons (Fsp3) is 0.545. The molecule has 0 saturated heterocycles. The number of nitrogens with two attached hydrogens (primary N) is 1. The molecule has 5 nitrogen and oxygen atoms in total. The lowest BCUT2D eigenvalue weighted by Crippen LogP contribution is -2.31. The molecule has 0 aliphatic rings. The average Bonchev–Trinajstić information content (AvgIpc) is 2.32. The molecule has 0 spiro atoms. The van der Waals surface area contributed by atoms with Gasteiger partial charge in [0.1, 0.15) is 17.0 Å². The van der Waals surface area contributed by atoms with Crippen molar-refractivity contribution in [2.24, 2.45) is 5.73 Å². The molecule has 1 aromatic heterocycles. The lowest BCUT2D eigenvalue weighted by atomic mass is 10.2. The molecule has 1 unspecified atom stereocenters. The summed E-state index contributed by atoms with van der Waals surface area (Å²) in [4.78, 5) is 19.4. The number of nitrogens with zero attached hydrogens (tertiary/aromatic N) is 2. The molecule has 0 radical (unpaired) electrons. The maximum absolute atomic E-state index is 11.1. The number of ether oxygens (including phenoxy) is 1. The number of aromatic nitrogens is 2. The normalized spacial score (nSPS) is 12.2. The number of methoxy groups -OCH3 is 1. The Morgan fingerprint density at radius 1 is 1.61 bits per heavy atom. The summed E-state index contributed by atoms with van der Waals surface area (Å²) in [5.41, 5.74) is 6.46. The number of aryl methyl sites for hydroxylation is 1. The van der Waals surface area contributed by atoms with Gasteiger partial charge in [0.25, 0.3) is 0 Å². The van der Waals surface area contributed by atoms with E-state index in [1.807, 2.05) is 6.92 Å². The molecule has 1 aromatic rings. The second kappa shape index (κ2) is 7.56. The van der Waals surface area contributed by atoms with Gasteiger partial charge in [-0.05, 0) is 25.2 Å². The van der Waals surface area contributed by atoms with Crippen molar-refractivity contribution in [3.05, 3.63) is 22.7 Å². The Morgan fingerprint density at radius 2 is 2.33 bits per heavy atom. The summed E-state index contributed by atoms with van der Waals surface area (Å²) >= 11 is 7.44. The molecule has 0 amide bonds. The van der Waals surface area contributed by atoms with Gasteiger partial charge in [-0.15, -0.1) is 0 Å². The number of hydrogen-bond donors (Lipinski definition) is 1. The first-order valence-electron chi connectivity index (χ1n) is 5.44. The Labute approximate surface area is 115 Å². The van der Waals surface area contributed by atoms with E-state index in [0.29, 0.717) is 23.2 Å². The molecule has 0 saturated carbocycles. The summed E-state index contributed by atoms with van der Waals surface area (Å²) in [6.07, 6.45) is 0.566. The van der Waals surface area contributed by atoms with Gasteiger partial charge in [0.2, 0.25) is 0 Å². The highest BCUT2D eigenvalue weighted by molar-refractivity contribution is 7.98. The standard InChI is InChI=1S/C11H16ClN3O2S/c1-7-5-9(12)15-10(14-7)6-18-4-3-8(13)11(16)17-2/h5,8H,3-4,6,13H2,1-2H3. The molecule has 0 fully saturated rings. The average molecular weight is 290 g/mol. The summed E-state index contributed by atoms with van der Waals surface area (Å²) < 4.78 is 4.54. The maximum Gasteiger partial charge on any atom is 0.322 e. The summed E-state index contributed by atoms with van der Waals surface area (Å²) in [7, 11) is 1.33. The highest BCUT2D eigenvalue weighted by atomic mass is 35.5. The van der Waals surface area contributed by atoms with E-state index in [2.05, 4.69) is 14.7 Å². The Hall–Kier alpha value is -0.850. The van der Waals surface area contributed by atoms with Crippen molar-refractivity contribution in [1.29, 1.82) is 0 Å². The number of esters is 1. The van der Waals surface area contributed by atoms with Crippen LogP contribution in [0.2, 0.25) is 5.15 Å². The van der Waals surface area contributed by atoms with E-state index >= 15 is 0 Å². The molecule has 1 atom stereocenters. The number of carbonyl (C=O) groups is 1. The largest absolute Gasteiger partial charge is 0.468 e. The summed E-state index contributed by atoms with van der Waals surface area (Å²) in [5, 5.41) is 0.448. The van der Waals surface area contributed by atoms with E-state index in [1.165, 1.54) is 7.11 Å². The van der Waals surface area contributed by atoms with Crippen molar-refractivity contribution < 1.29 is 9.53 Å². The summed E-state index contributed by atoms with van der Waals surface area (Å²) in [5.74, 6) is 1.70. The van der Waals surface area contributed by atoms with E-state index in [9.17, 15) is 4.79 Å². The van der Waals surface area contributed by atoms with Crippen molar-refractivity contribution in [3.8, 4) is 0 Å². The van der Waals surface area contributed by atoms with E-state index in [4.69, 9.17) is 17.3 Å². The topological polar surface area (TPSA) is 78.1 Å². The van der Waals surface area contributed by atoms with Crippen molar-refractivity contribution in [1.82, 2.24) is 9.97 Å². The smallest absolute Gasteiger partial charge is 0.322 e. The maximum atomic E-state index is 11.1. The van der Waals surface area contributed by atoms with Crippen molar-refractivity contribution >= 4 is 29.3 Å². The molecule has 7 heteroatoms. The van der Waals surface area contributed by atoms with Gasteiger partial charge in [0.05, 0.1) is 12.9 Å². The van der Waals surface area contributed by atoms with Gasteiger partial charge in [0, 0.05) is 5.69 Å². The number of halogens is 1. The van der Waals surface area contributed by atoms with Crippen LogP contribution in [0.1, 0.15) is 17.9 Å². The van der Waals surface area contributed by atoms with Gasteiger partial charge in [-0.25, -0.2) is 9.97 Å². The minimum Gasteiger partial charge on any atom is -0.468 e. The quantitative estimate of drug-likeness (QED) is 0.486. The Morgan fingerprint density at radius 3 is 2.94 bits per heavy atom. The van der Waals surface area contributed by atoms with Gasteiger partial charge in [0.15, 0.2) is 0 Å². The van der Waals surface area contributed by atoms with Crippen molar-refractivity contribution in [3.63, 3.8) is 0 Å². The first-order chi connectivity index (χ1) is 8.52. The SMILES string of the molecule is COC(=O)C(N)CCSCc1nc(C)cc(Cl)n1. The van der Waals surface area contributed by atoms with Crippen LogP contribution in [0.5, 0.6) is 0 Å². The number of hydrogen-bond acceptors (Lipinski definition) is 6. The Bertz CT molecular complexity index is 397. The first-order valence-corrected chi connectivity index (χ1v) is 6.97. The third-order valence-corrected chi connectivity index (χ3v) is 3.36. The molecular weight excluding hydrogens is 274 g/mol. The second-order valence-corrected chi connectivity index (χ2v) is 5.21. The molecule has 18 heavy (non-hydrogen) atoms. The van der Waals surface area contributed by atoms with E-state index in [1.54, 1.807) is 17.8 Å². The van der Waals surface area contributed by atoms with Crippen LogP contribution in [-0.2, 0) is 15.3 Å². The van der Waals surface area contributed by atoms with Crippen LogP contribution in [0, 0.1) is 6.92 Å². The van der Waals surface area contributed by atoms with Crippen LogP contribution in [0.25, 0.3) is 0 Å². The highest BCUT2D eigenvalue weighted by Gasteiger charge is 2.12. The zero-order valence-electron chi connectivity index (χ0n) is 10.4. The van der Waals surface area contributed by atoms with Gasteiger partial charge >= 0.3 is 5.97 Å². The van der Waals surface area contributed by atoms with Gasteiger partial charge in [-0.1, -0.05) is 11.6 Å². The second-order valence-electron chi connectivity index (χ2n) is 3.72. The van der Waals surface area contributed by atoms with E-state index in [0.717, 1.165) is 11.4 Å². The van der Waals surface area contributed by atoms with Gasteiger partial charge in [-0.2, -0.15) is 11.8 Å². The predicted molar refractivity (Wildman–Crippen MR) is 72.5 cm³/mol. The molecule has 0 aromatic carbocycles. The monoisotopic (exact) mass is 289 g/mol. The summed E-state index contributed by atoms with van der Waals surface area (Å²) in [6.45, 7) is 1.87. The Kier molecular flexibility index (Phi) is 6.38. The van der Waals surface area contributed by atoms with Crippen LogP contribution < -0.4 is 5.73 Å². The zero-order valence-corrected chi connectivity index (χ0v) is 11.9. The lowest BCUT2D eigenvalue weighted by molar-refractivity contribution is -0.142. The Balaban J connectivity index is 2.31. The molecule has 100 valence electrons. The molecule has 2 N–H and O–H groups in total. The van der Waals surface area contributed by atoms with Crippen LogP contribution in [0.15, 0.2) is 6.07 Å². The fourth-order valence-corrected chi connectivity index (χ4v) is 2.43. The van der Waals surface area contributed by atoms with Gasteiger partial charge in [-0.3, -0.25) is 4.79 Å². The first kappa shape index (κ1) is 15.2. The van der Waals surface area contributed by atoms with E-state index in [-0.39, 0.29) is 5.97 Å². The molecule has 1 rings (SSSR count). The fourth-order valence-electron chi connectivity index (χ4n) is 1.30. The van der Waals surface area contributed by atoms with Gasteiger partial charge < -0.3 is 10.5 Å². The molecule has 0 aliphatic carbocycles. The zero-order chi connectivity index (χ0) is 13.5. The number of thioether (sulfide) groups is 1. The molecular formula is C11H16ClN3O2S. The van der Waals surface area contributed by atoms with E-state index < -0.39 is 6.04 Å².